The minimum atomic E-state index is 0.446. The number of hydrogen-bond acceptors (Lipinski definition) is 0. The van der Waals surface area contributed by atoms with E-state index in [0.717, 1.165) is 35.5 Å². The highest BCUT2D eigenvalue weighted by Gasteiger charge is 2.60. The van der Waals surface area contributed by atoms with Crippen LogP contribution in [0.25, 0.3) is 0 Å². The van der Waals surface area contributed by atoms with Crippen molar-refractivity contribution in [1.82, 2.24) is 0 Å². The monoisotopic (exact) mass is 372 g/mol. The largest absolute Gasteiger partial charge is 0.0879 e. The lowest BCUT2D eigenvalue weighted by molar-refractivity contribution is -0.154. The van der Waals surface area contributed by atoms with Gasteiger partial charge in [0, 0.05) is 0 Å². The van der Waals surface area contributed by atoms with Crippen LogP contribution < -0.4 is 0 Å². The van der Waals surface area contributed by atoms with Gasteiger partial charge in [-0.2, -0.15) is 0 Å². The molecule has 3 aliphatic carbocycles. The molecule has 0 spiro atoms. The highest BCUT2D eigenvalue weighted by Crippen LogP contribution is 2.68. The standard InChI is InChI=1S/C27H48/c1-10-22-12-13-23(26(22,8)11-2)24-19(5)16-25(7)17-21(18(3)4)14-15-27(25,9)20(24)6/h10,18-21,23-24H,11-17H2,1-9H3. The molecule has 0 aliphatic heterocycles. The number of fused-ring (bicyclic) bond motifs is 1. The molecule has 0 saturated heterocycles. The van der Waals surface area contributed by atoms with E-state index in [1.165, 1.54) is 44.9 Å². The Balaban J connectivity index is 1.94. The summed E-state index contributed by atoms with van der Waals surface area (Å²) in [7, 11) is 0. The van der Waals surface area contributed by atoms with Crippen LogP contribution in [0.4, 0.5) is 0 Å². The summed E-state index contributed by atoms with van der Waals surface area (Å²) in [6.45, 7) is 22.9. The molecule has 0 aromatic carbocycles. The first-order valence-corrected chi connectivity index (χ1v) is 12.2. The van der Waals surface area contributed by atoms with E-state index in [9.17, 15) is 0 Å². The Morgan fingerprint density at radius 1 is 1.07 bits per heavy atom. The van der Waals surface area contributed by atoms with Crippen LogP contribution in [0, 0.1) is 51.8 Å². The third kappa shape index (κ3) is 3.07. The average Bonchev–Trinajstić information content (AvgIpc) is 2.93. The molecule has 0 nitrogen and oxygen atoms in total. The van der Waals surface area contributed by atoms with Crippen LogP contribution in [-0.2, 0) is 0 Å². The molecule has 8 atom stereocenters. The molecule has 156 valence electrons. The van der Waals surface area contributed by atoms with Crippen molar-refractivity contribution in [3.05, 3.63) is 11.6 Å². The predicted octanol–water partition coefficient (Wildman–Crippen LogP) is 8.52. The molecule has 0 heteroatoms. The van der Waals surface area contributed by atoms with Gasteiger partial charge in [-0.1, -0.05) is 67.0 Å². The number of allylic oxidation sites excluding steroid dienone is 2. The van der Waals surface area contributed by atoms with Crippen molar-refractivity contribution in [3.63, 3.8) is 0 Å². The maximum absolute atomic E-state index is 2.70. The van der Waals surface area contributed by atoms with Crippen LogP contribution in [0.5, 0.6) is 0 Å². The topological polar surface area (TPSA) is 0 Å². The summed E-state index contributed by atoms with van der Waals surface area (Å²) in [4.78, 5) is 0. The molecule has 0 amide bonds. The van der Waals surface area contributed by atoms with E-state index < -0.39 is 0 Å². The first-order chi connectivity index (χ1) is 12.5. The maximum Gasteiger partial charge on any atom is -0.00879 e. The molecule has 8 unspecified atom stereocenters. The minimum absolute atomic E-state index is 0.446. The van der Waals surface area contributed by atoms with Gasteiger partial charge in [0.2, 0.25) is 0 Å². The Hall–Kier alpha value is -0.260. The van der Waals surface area contributed by atoms with Crippen LogP contribution in [0.2, 0.25) is 0 Å². The van der Waals surface area contributed by atoms with Gasteiger partial charge in [-0.05, 0) is 104 Å². The lowest BCUT2D eigenvalue weighted by Crippen LogP contribution is -2.57. The molecule has 3 rings (SSSR count). The molecule has 3 fully saturated rings. The highest BCUT2D eigenvalue weighted by molar-refractivity contribution is 5.22. The summed E-state index contributed by atoms with van der Waals surface area (Å²) in [5.41, 5.74) is 3.28. The van der Waals surface area contributed by atoms with Crippen molar-refractivity contribution in [2.24, 2.45) is 51.8 Å². The summed E-state index contributed by atoms with van der Waals surface area (Å²) in [5.74, 6) is 5.32. The maximum atomic E-state index is 2.70. The summed E-state index contributed by atoms with van der Waals surface area (Å²) in [6.07, 6.45) is 12.4. The van der Waals surface area contributed by atoms with E-state index in [4.69, 9.17) is 0 Å². The summed E-state index contributed by atoms with van der Waals surface area (Å²) < 4.78 is 0. The van der Waals surface area contributed by atoms with Gasteiger partial charge in [-0.3, -0.25) is 0 Å². The second-order valence-electron chi connectivity index (χ2n) is 12.0. The fourth-order valence-corrected chi connectivity index (χ4v) is 8.61. The van der Waals surface area contributed by atoms with Crippen LogP contribution in [-0.4, -0.2) is 0 Å². The Kier molecular flexibility index (Phi) is 5.73. The molecule has 3 aliphatic rings. The van der Waals surface area contributed by atoms with E-state index in [-0.39, 0.29) is 0 Å². The Labute approximate surface area is 171 Å². The van der Waals surface area contributed by atoms with Gasteiger partial charge < -0.3 is 0 Å². The summed E-state index contributed by atoms with van der Waals surface area (Å²) in [5, 5.41) is 0. The normalized spacial score (nSPS) is 52.4. The van der Waals surface area contributed by atoms with Crippen molar-refractivity contribution in [2.75, 3.05) is 0 Å². The van der Waals surface area contributed by atoms with Gasteiger partial charge in [0.25, 0.3) is 0 Å². The quantitative estimate of drug-likeness (QED) is 0.435. The Morgan fingerprint density at radius 3 is 2.30 bits per heavy atom. The zero-order chi connectivity index (χ0) is 20.2. The molecule has 0 bridgehead atoms. The fraction of sp³-hybridized carbons (Fsp3) is 0.926. The van der Waals surface area contributed by atoms with Crippen LogP contribution >= 0.6 is 0 Å². The van der Waals surface area contributed by atoms with Crippen molar-refractivity contribution >= 4 is 0 Å². The lowest BCUT2D eigenvalue weighted by Gasteiger charge is -2.64. The van der Waals surface area contributed by atoms with E-state index >= 15 is 0 Å². The highest BCUT2D eigenvalue weighted by atomic mass is 14.7. The molecule has 0 N–H and O–H groups in total. The SMILES string of the molecule is CC=C1CCC(C2C(C)CC3(C)CC(C(C)C)CCC3(C)C2C)C1(C)CC. The fourth-order valence-electron chi connectivity index (χ4n) is 8.61. The van der Waals surface area contributed by atoms with Crippen LogP contribution in [0.1, 0.15) is 107 Å². The molecule has 27 heavy (non-hydrogen) atoms. The van der Waals surface area contributed by atoms with Gasteiger partial charge >= 0.3 is 0 Å². The molecular formula is C27H48. The zero-order valence-corrected chi connectivity index (χ0v) is 20.0. The van der Waals surface area contributed by atoms with Crippen LogP contribution in [0.3, 0.4) is 0 Å². The van der Waals surface area contributed by atoms with Crippen LogP contribution in [0.15, 0.2) is 11.6 Å². The van der Waals surface area contributed by atoms with Gasteiger partial charge in [-0.15, -0.1) is 0 Å². The second kappa shape index (κ2) is 7.21. The number of hydrogen-bond donors (Lipinski definition) is 0. The smallest absolute Gasteiger partial charge is 0.00879 e. The van der Waals surface area contributed by atoms with Crippen molar-refractivity contribution in [3.8, 4) is 0 Å². The van der Waals surface area contributed by atoms with E-state index in [2.05, 4.69) is 68.4 Å². The molecule has 3 saturated carbocycles. The van der Waals surface area contributed by atoms with E-state index in [0.29, 0.717) is 16.2 Å². The minimum Gasteiger partial charge on any atom is -0.0879 e. The zero-order valence-electron chi connectivity index (χ0n) is 20.0. The Bertz CT molecular complexity index is 571. The van der Waals surface area contributed by atoms with E-state index in [1.807, 2.05) is 0 Å². The van der Waals surface area contributed by atoms with Crippen molar-refractivity contribution in [1.29, 1.82) is 0 Å². The van der Waals surface area contributed by atoms with Gasteiger partial charge in [-0.25, -0.2) is 0 Å². The first kappa shape index (κ1) is 21.4. The first-order valence-electron chi connectivity index (χ1n) is 12.2. The van der Waals surface area contributed by atoms with Gasteiger partial charge in [0.15, 0.2) is 0 Å². The number of rotatable bonds is 3. The second-order valence-corrected chi connectivity index (χ2v) is 12.0. The molecule has 0 heterocycles. The van der Waals surface area contributed by atoms with Gasteiger partial charge in [0.1, 0.15) is 0 Å². The lowest BCUT2D eigenvalue weighted by atomic mass is 9.40. The summed E-state index contributed by atoms with van der Waals surface area (Å²) in [6, 6.07) is 0. The predicted molar refractivity (Wildman–Crippen MR) is 120 cm³/mol. The summed E-state index contributed by atoms with van der Waals surface area (Å²) >= 11 is 0. The Morgan fingerprint density at radius 2 is 1.74 bits per heavy atom. The van der Waals surface area contributed by atoms with Crippen molar-refractivity contribution < 1.29 is 0 Å². The molecular weight excluding hydrogens is 324 g/mol. The van der Waals surface area contributed by atoms with Crippen molar-refractivity contribution in [2.45, 2.75) is 107 Å². The average molecular weight is 373 g/mol. The molecule has 0 radical (unpaired) electrons. The van der Waals surface area contributed by atoms with E-state index in [1.54, 1.807) is 5.57 Å². The molecule has 0 aromatic rings. The molecule has 0 aromatic heterocycles. The third-order valence-electron chi connectivity index (χ3n) is 10.9. The third-order valence-corrected chi connectivity index (χ3v) is 10.9. The van der Waals surface area contributed by atoms with Gasteiger partial charge in [0.05, 0.1) is 0 Å².